The molecule has 0 bridgehead atoms. The maximum atomic E-state index is 11.3. The van der Waals surface area contributed by atoms with E-state index in [1.807, 2.05) is 6.92 Å². The van der Waals surface area contributed by atoms with Crippen molar-refractivity contribution in [2.75, 3.05) is 0 Å². The third-order valence-electron chi connectivity index (χ3n) is 2.16. The second-order valence-corrected chi connectivity index (χ2v) is 3.02. The molecule has 13 heavy (non-hydrogen) atoms. The van der Waals surface area contributed by atoms with Crippen molar-refractivity contribution in [1.82, 2.24) is 14.5 Å². The quantitative estimate of drug-likeness (QED) is 0.591. The van der Waals surface area contributed by atoms with Crippen LogP contribution in [0.3, 0.4) is 0 Å². The van der Waals surface area contributed by atoms with Crippen molar-refractivity contribution in [2.24, 2.45) is 7.05 Å². The van der Waals surface area contributed by atoms with E-state index in [1.54, 1.807) is 17.7 Å². The zero-order valence-corrected chi connectivity index (χ0v) is 7.34. The van der Waals surface area contributed by atoms with Gasteiger partial charge in [0.15, 0.2) is 0 Å². The number of fused-ring (bicyclic) bond motifs is 1. The average molecular weight is 179 g/mol. The van der Waals surface area contributed by atoms with Gasteiger partial charge in [-0.15, -0.1) is 0 Å². The summed E-state index contributed by atoms with van der Waals surface area (Å²) in [6.07, 6.45) is 0. The Hall–Kier alpha value is -1.78. The maximum Gasteiger partial charge on any atom is 0.326 e. The Kier molecular flexibility index (Phi) is 1.42. The second kappa shape index (κ2) is 2.35. The van der Waals surface area contributed by atoms with Gasteiger partial charge in [0.25, 0.3) is 5.56 Å². The molecule has 5 nitrogen and oxygen atoms in total. The van der Waals surface area contributed by atoms with Crippen LogP contribution in [0.15, 0.2) is 15.7 Å². The third-order valence-corrected chi connectivity index (χ3v) is 2.16. The Morgan fingerprint density at radius 2 is 2.00 bits per heavy atom. The van der Waals surface area contributed by atoms with Crippen LogP contribution in [0.1, 0.15) is 5.69 Å². The smallest absolute Gasteiger partial charge is 0.326 e. The maximum absolute atomic E-state index is 11.3. The molecule has 5 heteroatoms. The first-order valence-electron chi connectivity index (χ1n) is 3.88. The Bertz CT molecular complexity index is 573. The number of hydrogen-bond donors (Lipinski definition) is 2. The molecule has 0 radical (unpaired) electrons. The lowest BCUT2D eigenvalue weighted by Gasteiger charge is -1.95. The van der Waals surface area contributed by atoms with Gasteiger partial charge in [0.05, 0.1) is 5.52 Å². The summed E-state index contributed by atoms with van der Waals surface area (Å²) in [6.45, 7) is 1.87. The van der Waals surface area contributed by atoms with Crippen molar-refractivity contribution in [3.63, 3.8) is 0 Å². The van der Waals surface area contributed by atoms with E-state index in [2.05, 4.69) is 9.97 Å². The van der Waals surface area contributed by atoms with E-state index in [-0.39, 0.29) is 5.56 Å². The van der Waals surface area contributed by atoms with Crippen LogP contribution in [-0.2, 0) is 7.05 Å². The minimum atomic E-state index is -0.469. The fraction of sp³-hybridized carbons (Fsp3) is 0.250. The van der Waals surface area contributed by atoms with Crippen LogP contribution in [0.2, 0.25) is 0 Å². The molecular formula is C8H9N3O2. The van der Waals surface area contributed by atoms with Crippen LogP contribution in [-0.4, -0.2) is 14.5 Å². The summed E-state index contributed by atoms with van der Waals surface area (Å²) in [5.74, 6) is 0. The zero-order valence-electron chi connectivity index (χ0n) is 7.34. The molecular weight excluding hydrogens is 170 g/mol. The van der Waals surface area contributed by atoms with Crippen molar-refractivity contribution >= 4 is 11.0 Å². The molecule has 0 aromatic carbocycles. The summed E-state index contributed by atoms with van der Waals surface area (Å²) in [7, 11) is 1.78. The molecule has 0 fully saturated rings. The van der Waals surface area contributed by atoms with Crippen LogP contribution in [0.4, 0.5) is 0 Å². The summed E-state index contributed by atoms with van der Waals surface area (Å²) in [6, 6.07) is 1.77. The highest BCUT2D eigenvalue weighted by Gasteiger charge is 2.06. The SMILES string of the molecule is Cc1cc2[nH]c(=O)[nH]c(=O)c2n1C. The van der Waals surface area contributed by atoms with Crippen molar-refractivity contribution < 1.29 is 0 Å². The van der Waals surface area contributed by atoms with Crippen LogP contribution in [0.5, 0.6) is 0 Å². The molecule has 2 heterocycles. The number of nitrogens with one attached hydrogen (secondary N) is 2. The van der Waals surface area contributed by atoms with Crippen LogP contribution >= 0.6 is 0 Å². The van der Waals surface area contributed by atoms with Gasteiger partial charge in [-0.3, -0.25) is 9.78 Å². The predicted molar refractivity (Wildman–Crippen MR) is 48.9 cm³/mol. The van der Waals surface area contributed by atoms with E-state index in [0.717, 1.165) is 5.69 Å². The molecule has 0 saturated carbocycles. The monoisotopic (exact) mass is 179 g/mol. The van der Waals surface area contributed by atoms with E-state index in [1.165, 1.54) is 0 Å². The predicted octanol–water partition coefficient (Wildman–Crippen LogP) is -0.137. The molecule has 0 spiro atoms. The van der Waals surface area contributed by atoms with Crippen LogP contribution in [0, 0.1) is 6.92 Å². The zero-order chi connectivity index (χ0) is 9.59. The molecule has 68 valence electrons. The molecule has 0 aliphatic carbocycles. The minimum absolute atomic E-state index is 0.352. The highest BCUT2D eigenvalue weighted by Crippen LogP contribution is 2.09. The van der Waals surface area contributed by atoms with E-state index in [4.69, 9.17) is 0 Å². The normalized spacial score (nSPS) is 10.9. The van der Waals surface area contributed by atoms with Crippen molar-refractivity contribution in [2.45, 2.75) is 6.92 Å². The minimum Gasteiger partial charge on any atom is -0.342 e. The standard InChI is InChI=1S/C8H9N3O2/c1-4-3-5-6(11(4)2)7(12)10-8(13)9-5/h3H,1-2H3,(H2,9,10,12,13). The molecule has 0 atom stereocenters. The molecule has 2 aromatic rings. The van der Waals surface area contributed by atoms with Gasteiger partial charge in [-0.25, -0.2) is 4.79 Å². The number of rotatable bonds is 0. The van der Waals surface area contributed by atoms with E-state index >= 15 is 0 Å². The fourth-order valence-corrected chi connectivity index (χ4v) is 1.42. The highest BCUT2D eigenvalue weighted by atomic mass is 16.2. The number of aryl methyl sites for hydroxylation is 2. The lowest BCUT2D eigenvalue weighted by molar-refractivity contribution is 0.904. The number of nitrogens with zero attached hydrogens (tertiary/aromatic N) is 1. The summed E-state index contributed by atoms with van der Waals surface area (Å²) in [4.78, 5) is 27.0. The highest BCUT2D eigenvalue weighted by molar-refractivity contribution is 5.75. The average Bonchev–Trinajstić information content (AvgIpc) is 2.27. The van der Waals surface area contributed by atoms with Gasteiger partial charge in [0.1, 0.15) is 5.52 Å². The van der Waals surface area contributed by atoms with Crippen LogP contribution in [0.25, 0.3) is 11.0 Å². The summed E-state index contributed by atoms with van der Waals surface area (Å²) >= 11 is 0. The van der Waals surface area contributed by atoms with Crippen molar-refractivity contribution in [1.29, 1.82) is 0 Å². The fourth-order valence-electron chi connectivity index (χ4n) is 1.42. The Balaban J connectivity index is 3.12. The first kappa shape index (κ1) is 7.85. The van der Waals surface area contributed by atoms with E-state index in [9.17, 15) is 9.59 Å². The number of hydrogen-bond acceptors (Lipinski definition) is 2. The van der Waals surface area contributed by atoms with Gasteiger partial charge in [0.2, 0.25) is 0 Å². The lowest BCUT2D eigenvalue weighted by atomic mass is 10.4. The second-order valence-electron chi connectivity index (χ2n) is 3.02. The van der Waals surface area contributed by atoms with Gasteiger partial charge in [-0.2, -0.15) is 0 Å². The Morgan fingerprint density at radius 3 is 2.69 bits per heavy atom. The van der Waals surface area contributed by atoms with Gasteiger partial charge < -0.3 is 9.55 Å². The topological polar surface area (TPSA) is 70.7 Å². The number of H-pyrrole nitrogens is 2. The first-order valence-corrected chi connectivity index (χ1v) is 3.88. The van der Waals surface area contributed by atoms with E-state index < -0.39 is 5.69 Å². The molecule has 0 amide bonds. The van der Waals surface area contributed by atoms with Crippen molar-refractivity contribution in [3.05, 3.63) is 32.6 Å². The van der Waals surface area contributed by atoms with Gasteiger partial charge in [-0.1, -0.05) is 0 Å². The van der Waals surface area contributed by atoms with Gasteiger partial charge >= 0.3 is 5.69 Å². The lowest BCUT2D eigenvalue weighted by Crippen LogP contribution is -2.22. The molecule has 2 rings (SSSR count). The summed E-state index contributed by atoms with van der Waals surface area (Å²) in [5, 5.41) is 0. The Labute approximate surface area is 73.0 Å². The Morgan fingerprint density at radius 1 is 1.31 bits per heavy atom. The van der Waals surface area contributed by atoms with E-state index in [0.29, 0.717) is 11.0 Å². The molecule has 0 unspecified atom stereocenters. The van der Waals surface area contributed by atoms with Crippen molar-refractivity contribution in [3.8, 4) is 0 Å². The number of aromatic amines is 2. The van der Waals surface area contributed by atoms with Gasteiger partial charge in [-0.05, 0) is 13.0 Å². The third kappa shape index (κ3) is 1.00. The first-order chi connectivity index (χ1) is 6.09. The molecule has 0 aliphatic rings. The molecule has 0 saturated heterocycles. The van der Waals surface area contributed by atoms with Crippen LogP contribution < -0.4 is 11.2 Å². The molecule has 2 N–H and O–H groups in total. The molecule has 2 aromatic heterocycles. The molecule has 0 aliphatic heterocycles. The largest absolute Gasteiger partial charge is 0.342 e. The van der Waals surface area contributed by atoms with Gasteiger partial charge in [0, 0.05) is 12.7 Å². The summed E-state index contributed by atoms with van der Waals surface area (Å²) in [5.41, 5.74) is 1.19. The summed E-state index contributed by atoms with van der Waals surface area (Å²) < 4.78 is 1.74. The number of aromatic nitrogens is 3.